The second kappa shape index (κ2) is 8.45. The van der Waals surface area contributed by atoms with Gasteiger partial charge in [0.25, 0.3) is 5.91 Å². The number of nitrogens with zero attached hydrogens (tertiary/aromatic N) is 2. The molecule has 1 aromatic carbocycles. The molecule has 0 fully saturated rings. The van der Waals surface area contributed by atoms with E-state index in [1.165, 1.54) is 16.4 Å². The van der Waals surface area contributed by atoms with Gasteiger partial charge >= 0.3 is 0 Å². The smallest absolute Gasteiger partial charge is 0.253 e. The molecule has 0 bridgehead atoms. The third-order valence-electron chi connectivity index (χ3n) is 3.76. The Morgan fingerprint density at radius 3 is 2.17 bits per heavy atom. The normalized spacial score (nSPS) is 12.0. The summed E-state index contributed by atoms with van der Waals surface area (Å²) in [5, 5.41) is 0. The summed E-state index contributed by atoms with van der Waals surface area (Å²) in [6.07, 6.45) is 1.75. The summed E-state index contributed by atoms with van der Waals surface area (Å²) < 4.78 is 26.5. The lowest BCUT2D eigenvalue weighted by molar-refractivity contribution is 0.0755. The molecule has 0 heterocycles. The molecule has 1 amide bonds. The zero-order chi connectivity index (χ0) is 17.6. The number of rotatable bonds is 8. The first kappa shape index (κ1) is 19.6. The lowest BCUT2D eigenvalue weighted by Crippen LogP contribution is -2.34. The Bertz CT molecular complexity index is 620. The highest BCUT2D eigenvalue weighted by molar-refractivity contribution is 7.89. The van der Waals surface area contributed by atoms with Gasteiger partial charge in [0.05, 0.1) is 4.90 Å². The number of hydrogen-bond donors (Lipinski definition) is 0. The molecule has 0 N–H and O–H groups in total. The first-order valence-corrected chi connectivity index (χ1v) is 9.57. The minimum absolute atomic E-state index is 0.113. The topological polar surface area (TPSA) is 57.7 Å². The van der Waals surface area contributed by atoms with Crippen molar-refractivity contribution in [3.8, 4) is 0 Å². The second-order valence-electron chi connectivity index (χ2n) is 5.94. The van der Waals surface area contributed by atoms with Crippen LogP contribution in [-0.2, 0) is 10.0 Å². The summed E-state index contributed by atoms with van der Waals surface area (Å²) in [6.45, 7) is 9.03. The number of amides is 1. The first-order valence-electron chi connectivity index (χ1n) is 8.13. The summed E-state index contributed by atoms with van der Waals surface area (Å²) in [7, 11) is -2.03. The molecule has 0 aliphatic rings. The van der Waals surface area contributed by atoms with Crippen molar-refractivity contribution in [1.82, 2.24) is 9.21 Å². The zero-order valence-corrected chi connectivity index (χ0v) is 15.6. The molecular weight excluding hydrogens is 312 g/mol. The molecule has 1 rings (SSSR count). The summed E-state index contributed by atoms with van der Waals surface area (Å²) in [5.41, 5.74) is 0.421. The third-order valence-corrected chi connectivity index (χ3v) is 5.79. The largest absolute Gasteiger partial charge is 0.339 e. The standard InChI is InChI=1S/C17H28N2O3S/c1-6-11-19(12-7-2)17(20)15-9-8-10-16(13-15)23(21,22)18(5)14(3)4/h8-10,13-14H,6-7,11-12H2,1-5H3. The highest BCUT2D eigenvalue weighted by atomic mass is 32.2. The molecule has 1 aromatic rings. The molecule has 5 nitrogen and oxygen atoms in total. The average molecular weight is 340 g/mol. The van der Waals surface area contributed by atoms with E-state index < -0.39 is 10.0 Å². The van der Waals surface area contributed by atoms with Gasteiger partial charge < -0.3 is 4.90 Å². The Morgan fingerprint density at radius 2 is 1.70 bits per heavy atom. The van der Waals surface area contributed by atoms with Crippen LogP contribution in [0.1, 0.15) is 50.9 Å². The average Bonchev–Trinajstić information content (AvgIpc) is 2.53. The molecule has 0 saturated carbocycles. The van der Waals surface area contributed by atoms with E-state index in [0.717, 1.165) is 12.8 Å². The highest BCUT2D eigenvalue weighted by Crippen LogP contribution is 2.19. The molecule has 0 aliphatic heterocycles. The molecule has 130 valence electrons. The van der Waals surface area contributed by atoms with Crippen LogP contribution in [0.5, 0.6) is 0 Å². The van der Waals surface area contributed by atoms with Crippen LogP contribution >= 0.6 is 0 Å². The maximum atomic E-state index is 12.6. The summed E-state index contributed by atoms with van der Waals surface area (Å²) in [5.74, 6) is -0.113. The van der Waals surface area contributed by atoms with Crippen molar-refractivity contribution in [3.05, 3.63) is 29.8 Å². The Morgan fingerprint density at radius 1 is 1.13 bits per heavy atom. The van der Waals surface area contributed by atoms with E-state index in [-0.39, 0.29) is 16.8 Å². The van der Waals surface area contributed by atoms with Crippen molar-refractivity contribution in [1.29, 1.82) is 0 Å². The van der Waals surface area contributed by atoms with Gasteiger partial charge in [0, 0.05) is 31.7 Å². The van der Waals surface area contributed by atoms with Crippen molar-refractivity contribution in [2.45, 2.75) is 51.5 Å². The van der Waals surface area contributed by atoms with Gasteiger partial charge in [-0.2, -0.15) is 4.31 Å². The first-order chi connectivity index (χ1) is 10.8. The molecule has 23 heavy (non-hydrogen) atoms. The van der Waals surface area contributed by atoms with Crippen molar-refractivity contribution in [3.63, 3.8) is 0 Å². The van der Waals surface area contributed by atoms with Gasteiger partial charge in [0.1, 0.15) is 0 Å². The molecule has 0 atom stereocenters. The van der Waals surface area contributed by atoms with Gasteiger partial charge in [-0.05, 0) is 44.9 Å². The quantitative estimate of drug-likeness (QED) is 0.731. The maximum absolute atomic E-state index is 12.6. The van der Waals surface area contributed by atoms with Gasteiger partial charge in [-0.15, -0.1) is 0 Å². The van der Waals surface area contributed by atoms with Crippen molar-refractivity contribution in [2.24, 2.45) is 0 Å². The second-order valence-corrected chi connectivity index (χ2v) is 7.93. The fourth-order valence-corrected chi connectivity index (χ4v) is 3.68. The van der Waals surface area contributed by atoms with Crippen LogP contribution in [-0.4, -0.2) is 49.7 Å². The molecule has 0 aliphatic carbocycles. The van der Waals surface area contributed by atoms with Gasteiger partial charge in [0.15, 0.2) is 0 Å². The molecule has 0 saturated heterocycles. The van der Waals surface area contributed by atoms with E-state index in [1.807, 2.05) is 27.7 Å². The fourth-order valence-electron chi connectivity index (χ4n) is 2.27. The van der Waals surface area contributed by atoms with Gasteiger partial charge in [-0.1, -0.05) is 19.9 Å². The molecule has 6 heteroatoms. The maximum Gasteiger partial charge on any atom is 0.253 e. The number of carbonyl (C=O) groups excluding carboxylic acids is 1. The lowest BCUT2D eigenvalue weighted by atomic mass is 10.2. The molecule has 0 spiro atoms. The number of sulfonamides is 1. The van der Waals surface area contributed by atoms with Crippen molar-refractivity contribution < 1.29 is 13.2 Å². The minimum Gasteiger partial charge on any atom is -0.339 e. The van der Waals surface area contributed by atoms with Crippen LogP contribution in [0.25, 0.3) is 0 Å². The Hall–Kier alpha value is -1.40. The number of benzene rings is 1. The number of hydrogen-bond acceptors (Lipinski definition) is 3. The van der Waals surface area contributed by atoms with E-state index in [4.69, 9.17) is 0 Å². The van der Waals surface area contributed by atoms with E-state index >= 15 is 0 Å². The molecule has 0 unspecified atom stereocenters. The van der Waals surface area contributed by atoms with Gasteiger partial charge in [-0.25, -0.2) is 8.42 Å². The van der Waals surface area contributed by atoms with Crippen molar-refractivity contribution in [2.75, 3.05) is 20.1 Å². The monoisotopic (exact) mass is 340 g/mol. The van der Waals surface area contributed by atoms with E-state index in [1.54, 1.807) is 24.1 Å². The van der Waals surface area contributed by atoms with E-state index in [9.17, 15) is 13.2 Å². The van der Waals surface area contributed by atoms with Gasteiger partial charge in [-0.3, -0.25) is 4.79 Å². The lowest BCUT2D eigenvalue weighted by Gasteiger charge is -2.23. The third kappa shape index (κ3) is 4.78. The molecule has 0 radical (unpaired) electrons. The summed E-state index contributed by atoms with van der Waals surface area (Å²) in [6, 6.07) is 6.18. The Kier molecular flexibility index (Phi) is 7.22. The van der Waals surface area contributed by atoms with Crippen LogP contribution in [0.4, 0.5) is 0 Å². The SMILES string of the molecule is CCCN(CCC)C(=O)c1cccc(S(=O)(=O)N(C)C(C)C)c1. The predicted molar refractivity (Wildman–Crippen MR) is 93.0 cm³/mol. The van der Waals surface area contributed by atoms with Crippen molar-refractivity contribution >= 4 is 15.9 Å². The molecule has 0 aromatic heterocycles. The minimum atomic E-state index is -3.58. The van der Waals surface area contributed by atoms with Gasteiger partial charge in [0.2, 0.25) is 10.0 Å². The van der Waals surface area contributed by atoms with Crippen LogP contribution in [0.2, 0.25) is 0 Å². The predicted octanol–water partition coefficient (Wildman–Crippen LogP) is 2.98. The highest BCUT2D eigenvalue weighted by Gasteiger charge is 2.24. The summed E-state index contributed by atoms with van der Waals surface area (Å²) >= 11 is 0. The Labute approximate surface area is 140 Å². The van der Waals surface area contributed by atoms with Crippen LogP contribution < -0.4 is 0 Å². The van der Waals surface area contributed by atoms with E-state index in [0.29, 0.717) is 18.7 Å². The van der Waals surface area contributed by atoms with Crippen LogP contribution in [0, 0.1) is 0 Å². The molecular formula is C17H28N2O3S. The fraction of sp³-hybridized carbons (Fsp3) is 0.588. The van der Waals surface area contributed by atoms with E-state index in [2.05, 4.69) is 0 Å². The zero-order valence-electron chi connectivity index (χ0n) is 14.7. The number of carbonyl (C=O) groups is 1. The summed E-state index contributed by atoms with van der Waals surface area (Å²) in [4.78, 5) is 14.6. The van der Waals surface area contributed by atoms with Crippen LogP contribution in [0.15, 0.2) is 29.2 Å². The Balaban J connectivity index is 3.16. The van der Waals surface area contributed by atoms with Crippen LogP contribution in [0.3, 0.4) is 0 Å².